The first kappa shape index (κ1) is 17.7. The molecule has 0 N–H and O–H groups in total. The molecule has 7 nitrogen and oxygen atoms in total. The van der Waals surface area contributed by atoms with Gasteiger partial charge in [0.2, 0.25) is 10.9 Å². The van der Waals surface area contributed by atoms with Crippen LogP contribution < -0.4 is 9.47 Å². The summed E-state index contributed by atoms with van der Waals surface area (Å²) in [5.41, 5.74) is -0.798. The van der Waals surface area contributed by atoms with Gasteiger partial charge in [-0.3, -0.25) is 0 Å². The third-order valence-corrected chi connectivity index (χ3v) is 3.76. The van der Waals surface area contributed by atoms with Crippen LogP contribution in [0.4, 0.5) is 4.79 Å². The minimum atomic E-state index is -3.15. The molecule has 1 aromatic carbocycles. The van der Waals surface area contributed by atoms with Crippen LogP contribution in [0, 0.1) is 0 Å². The molecule has 1 aromatic rings. The third kappa shape index (κ3) is 4.90. The molecule has 1 aliphatic rings. The van der Waals surface area contributed by atoms with Gasteiger partial charge >= 0.3 is 6.09 Å². The number of rotatable bonds is 3. The first-order chi connectivity index (χ1) is 10.7. The van der Waals surface area contributed by atoms with Crippen molar-refractivity contribution in [1.82, 2.24) is 4.31 Å². The number of fused-ring (bicyclic) bond motifs is 1. The highest BCUT2D eigenvalue weighted by Crippen LogP contribution is 2.34. The summed E-state index contributed by atoms with van der Waals surface area (Å²) in [6, 6.07) is 4.86. The molecule has 0 fully saturated rings. The summed E-state index contributed by atoms with van der Waals surface area (Å²) >= 11 is 5.86. The molecule has 0 spiro atoms. The highest BCUT2D eigenvalue weighted by atomic mass is 35.5. The summed E-state index contributed by atoms with van der Waals surface area (Å²) in [5, 5.41) is 0.504. The largest absolute Gasteiger partial charge is 0.486 e. The molecule has 128 valence electrons. The number of hydrogen-bond acceptors (Lipinski definition) is 6. The molecule has 0 saturated carbocycles. The minimum absolute atomic E-state index is 0.0931. The Hall–Kier alpha value is -1.67. The Bertz CT molecular complexity index is 662. The van der Waals surface area contributed by atoms with E-state index in [0.717, 1.165) is 0 Å². The zero-order valence-electron chi connectivity index (χ0n) is 12.9. The van der Waals surface area contributed by atoms with Crippen molar-refractivity contribution in [3.63, 3.8) is 0 Å². The van der Waals surface area contributed by atoms with Crippen LogP contribution in [0.5, 0.6) is 11.5 Å². The van der Waals surface area contributed by atoms with Crippen molar-refractivity contribution in [2.24, 2.45) is 0 Å². The Balaban J connectivity index is 2.07. The van der Waals surface area contributed by atoms with Crippen molar-refractivity contribution in [3.8, 4) is 11.5 Å². The van der Waals surface area contributed by atoms with E-state index in [9.17, 15) is 13.2 Å². The summed E-state index contributed by atoms with van der Waals surface area (Å²) in [6.45, 7) is 4.86. The molecule has 9 heteroatoms. The molecular formula is C14H18ClNO6S. The van der Waals surface area contributed by atoms with Crippen LogP contribution >= 0.6 is 11.6 Å². The molecule has 23 heavy (non-hydrogen) atoms. The molecule has 1 aliphatic heterocycles. The molecule has 0 aliphatic carbocycles. The zero-order chi connectivity index (χ0) is 17.2. The monoisotopic (exact) mass is 363 g/mol. The SMILES string of the molecule is CC(C)(C)OC(=O)N(CC1COc2cc(Cl)ccc2O1)[SH](=O)=O. The van der Waals surface area contributed by atoms with E-state index in [1.165, 1.54) is 0 Å². The number of ether oxygens (including phenoxy) is 3. The van der Waals surface area contributed by atoms with Crippen molar-refractivity contribution in [1.29, 1.82) is 0 Å². The van der Waals surface area contributed by atoms with Gasteiger partial charge in [-0.2, -0.15) is 0 Å². The smallest absolute Gasteiger partial charge is 0.424 e. The van der Waals surface area contributed by atoms with Gasteiger partial charge in [-0.25, -0.2) is 17.5 Å². The summed E-state index contributed by atoms with van der Waals surface area (Å²) in [6.07, 6.45) is -1.58. The number of nitrogens with zero attached hydrogens (tertiary/aromatic N) is 1. The topological polar surface area (TPSA) is 82.1 Å². The van der Waals surface area contributed by atoms with Gasteiger partial charge in [-0.1, -0.05) is 11.6 Å². The lowest BCUT2D eigenvalue weighted by atomic mass is 10.2. The highest BCUT2D eigenvalue weighted by molar-refractivity contribution is 7.70. The molecule has 2 rings (SSSR count). The number of amides is 1. The van der Waals surface area contributed by atoms with E-state index in [1.54, 1.807) is 39.0 Å². The molecule has 0 radical (unpaired) electrons. The zero-order valence-corrected chi connectivity index (χ0v) is 14.6. The van der Waals surface area contributed by atoms with Crippen molar-refractivity contribution in [2.75, 3.05) is 13.2 Å². The van der Waals surface area contributed by atoms with Gasteiger partial charge in [0.1, 0.15) is 12.2 Å². The molecule has 1 heterocycles. The number of carbonyl (C=O) groups excluding carboxylic acids is 1. The Morgan fingerprint density at radius 3 is 2.70 bits per heavy atom. The van der Waals surface area contributed by atoms with Crippen LogP contribution in [-0.2, 0) is 15.6 Å². The molecule has 1 amide bonds. The van der Waals surface area contributed by atoms with Gasteiger partial charge in [0, 0.05) is 11.1 Å². The van der Waals surface area contributed by atoms with Crippen LogP contribution in [0.2, 0.25) is 5.02 Å². The number of halogens is 1. The number of carbonyl (C=O) groups is 1. The van der Waals surface area contributed by atoms with E-state index >= 15 is 0 Å². The second kappa shape index (κ2) is 6.84. The number of benzene rings is 1. The normalized spacial score (nSPS) is 17.0. The first-order valence-electron chi connectivity index (χ1n) is 6.89. The third-order valence-electron chi connectivity index (χ3n) is 2.80. The average molecular weight is 364 g/mol. The highest BCUT2D eigenvalue weighted by Gasteiger charge is 2.30. The first-order valence-corrected chi connectivity index (χ1v) is 8.40. The van der Waals surface area contributed by atoms with E-state index in [4.69, 9.17) is 25.8 Å². The van der Waals surface area contributed by atoms with E-state index in [0.29, 0.717) is 20.8 Å². The van der Waals surface area contributed by atoms with Crippen LogP contribution in [-0.4, -0.2) is 43.7 Å². The fourth-order valence-electron chi connectivity index (χ4n) is 1.89. The summed E-state index contributed by atoms with van der Waals surface area (Å²) in [7, 11) is -3.15. The van der Waals surface area contributed by atoms with Crippen LogP contribution in [0.1, 0.15) is 20.8 Å². The van der Waals surface area contributed by atoms with Gasteiger partial charge in [-0.15, -0.1) is 0 Å². The summed E-state index contributed by atoms with van der Waals surface area (Å²) in [5.74, 6) is 0.917. The molecule has 1 unspecified atom stereocenters. The summed E-state index contributed by atoms with van der Waals surface area (Å²) < 4.78 is 39.5. The van der Waals surface area contributed by atoms with Gasteiger partial charge in [-0.05, 0) is 32.9 Å². The van der Waals surface area contributed by atoms with Crippen molar-refractivity contribution in [3.05, 3.63) is 23.2 Å². The standard InChI is InChI=1S/C14H18ClNO6S/c1-14(2,3)22-13(17)16(23(18)19)7-10-8-20-12-6-9(15)4-5-11(12)21-10/h4-6,10,23H,7-8H2,1-3H3. The van der Waals surface area contributed by atoms with E-state index < -0.39 is 28.7 Å². The lowest BCUT2D eigenvalue weighted by molar-refractivity contribution is 0.0272. The fraction of sp³-hybridized carbons (Fsp3) is 0.500. The lowest BCUT2D eigenvalue weighted by Gasteiger charge is -2.30. The summed E-state index contributed by atoms with van der Waals surface area (Å²) in [4.78, 5) is 12.0. The molecule has 0 aromatic heterocycles. The number of thiol groups is 1. The van der Waals surface area contributed by atoms with Crippen molar-refractivity contribution < 1.29 is 27.4 Å². The van der Waals surface area contributed by atoms with E-state index in [1.807, 2.05) is 0 Å². The molecule has 1 atom stereocenters. The Morgan fingerprint density at radius 2 is 2.09 bits per heavy atom. The van der Waals surface area contributed by atoms with Crippen molar-refractivity contribution >= 4 is 28.6 Å². The fourth-order valence-corrected chi connectivity index (χ4v) is 2.55. The Labute approximate surface area is 141 Å². The van der Waals surface area contributed by atoms with Crippen LogP contribution in [0.25, 0.3) is 0 Å². The quantitative estimate of drug-likeness (QED) is 0.829. The number of hydrogen-bond donors (Lipinski definition) is 1. The molecule has 0 saturated heterocycles. The Morgan fingerprint density at radius 1 is 1.39 bits per heavy atom. The van der Waals surface area contributed by atoms with Crippen molar-refractivity contribution in [2.45, 2.75) is 32.5 Å². The maximum absolute atomic E-state index is 12.0. The maximum Gasteiger partial charge on any atom is 0.424 e. The average Bonchev–Trinajstić information content (AvgIpc) is 2.42. The minimum Gasteiger partial charge on any atom is -0.486 e. The predicted octanol–water partition coefficient (Wildman–Crippen LogP) is 2.24. The molecular weight excluding hydrogens is 346 g/mol. The van der Waals surface area contributed by atoms with Gasteiger partial charge < -0.3 is 14.2 Å². The predicted molar refractivity (Wildman–Crippen MR) is 84.6 cm³/mol. The van der Waals surface area contributed by atoms with Gasteiger partial charge in [0.15, 0.2) is 17.6 Å². The van der Waals surface area contributed by atoms with Gasteiger partial charge in [0.05, 0.1) is 6.54 Å². The van der Waals surface area contributed by atoms with Crippen LogP contribution in [0.15, 0.2) is 18.2 Å². The van der Waals surface area contributed by atoms with Crippen LogP contribution in [0.3, 0.4) is 0 Å². The Kier molecular flexibility index (Phi) is 5.26. The second-order valence-corrected chi connectivity index (χ2v) is 7.34. The lowest BCUT2D eigenvalue weighted by Crippen LogP contribution is -2.44. The van der Waals surface area contributed by atoms with E-state index in [-0.39, 0.29) is 13.2 Å². The van der Waals surface area contributed by atoms with E-state index in [2.05, 4.69) is 0 Å². The van der Waals surface area contributed by atoms with Gasteiger partial charge in [0.25, 0.3) is 0 Å². The maximum atomic E-state index is 12.0. The second-order valence-electron chi connectivity index (χ2n) is 5.94. The molecule has 0 bridgehead atoms.